The number of aromatic carboxylic acids is 1. The summed E-state index contributed by atoms with van der Waals surface area (Å²) in [5, 5.41) is 30.9. The summed E-state index contributed by atoms with van der Waals surface area (Å²) in [5.74, 6) is -0.437. The molecule has 1 fully saturated rings. The number of hydrogen-bond donors (Lipinski definition) is 2. The van der Waals surface area contributed by atoms with E-state index in [1.165, 1.54) is 12.1 Å². The number of aryl methyl sites for hydroxylation is 1. The van der Waals surface area contributed by atoms with E-state index in [1.807, 2.05) is 25.5 Å². The van der Waals surface area contributed by atoms with Gasteiger partial charge in [0.25, 0.3) is 0 Å². The number of benzene rings is 1. The molecular weight excluding hydrogens is 410 g/mol. The first-order valence-electron chi connectivity index (χ1n) is 10.0. The maximum absolute atomic E-state index is 11.5. The van der Waals surface area contributed by atoms with Crippen molar-refractivity contribution < 1.29 is 14.6 Å². The largest absolute Gasteiger partial charge is 0.478 e. The SMILES string of the molecule is Cn1cc(-c2cn3ncc(-c4cc(C#N)cc(C(=O)O)c4)c3nc2NC2CCOC2)cn1. The fraction of sp³-hybridized carbons (Fsp3) is 0.227. The minimum Gasteiger partial charge on any atom is -0.478 e. The van der Waals surface area contributed by atoms with Gasteiger partial charge in [-0.15, -0.1) is 0 Å². The number of aromatic nitrogens is 5. The average Bonchev–Trinajstić information content (AvgIpc) is 3.54. The number of hydrogen-bond acceptors (Lipinski definition) is 7. The number of nitriles is 1. The monoisotopic (exact) mass is 429 g/mol. The molecule has 4 heterocycles. The summed E-state index contributed by atoms with van der Waals surface area (Å²) in [6.07, 6.45) is 8.03. The zero-order valence-electron chi connectivity index (χ0n) is 17.2. The van der Waals surface area contributed by atoms with Crippen molar-refractivity contribution in [3.63, 3.8) is 0 Å². The van der Waals surface area contributed by atoms with Crippen molar-refractivity contribution >= 4 is 17.4 Å². The number of fused-ring (bicyclic) bond motifs is 1. The predicted molar refractivity (Wildman–Crippen MR) is 115 cm³/mol. The molecule has 1 saturated heterocycles. The van der Waals surface area contributed by atoms with E-state index in [4.69, 9.17) is 9.72 Å². The summed E-state index contributed by atoms with van der Waals surface area (Å²) in [5.41, 5.74) is 3.76. The van der Waals surface area contributed by atoms with Gasteiger partial charge in [0.05, 0.1) is 42.2 Å². The van der Waals surface area contributed by atoms with Crippen molar-refractivity contribution in [1.82, 2.24) is 24.4 Å². The van der Waals surface area contributed by atoms with E-state index in [-0.39, 0.29) is 17.2 Å². The molecule has 2 N–H and O–H groups in total. The summed E-state index contributed by atoms with van der Waals surface area (Å²) in [6.45, 7) is 1.29. The Labute approximate surface area is 182 Å². The van der Waals surface area contributed by atoms with Crippen LogP contribution in [0.15, 0.2) is 43.0 Å². The van der Waals surface area contributed by atoms with Gasteiger partial charge in [-0.3, -0.25) is 4.68 Å². The van der Waals surface area contributed by atoms with E-state index >= 15 is 0 Å². The molecule has 10 nitrogen and oxygen atoms in total. The fourth-order valence-corrected chi connectivity index (χ4v) is 3.81. The first kappa shape index (κ1) is 19.7. The van der Waals surface area contributed by atoms with Gasteiger partial charge in [-0.05, 0) is 30.2 Å². The summed E-state index contributed by atoms with van der Waals surface area (Å²) in [6, 6.07) is 6.66. The van der Waals surface area contributed by atoms with Crippen molar-refractivity contribution in [3.05, 3.63) is 54.1 Å². The molecule has 4 aromatic rings. The van der Waals surface area contributed by atoms with Crippen molar-refractivity contribution in [2.75, 3.05) is 18.5 Å². The molecule has 0 spiro atoms. The Bertz CT molecular complexity index is 1380. The van der Waals surface area contributed by atoms with Gasteiger partial charge >= 0.3 is 5.97 Å². The molecule has 1 aliphatic rings. The lowest BCUT2D eigenvalue weighted by Gasteiger charge is -2.15. The van der Waals surface area contributed by atoms with Gasteiger partial charge in [-0.25, -0.2) is 14.3 Å². The molecule has 1 atom stereocenters. The quantitative estimate of drug-likeness (QED) is 0.495. The van der Waals surface area contributed by atoms with Gasteiger partial charge < -0.3 is 15.2 Å². The standard InChI is InChI=1S/C22H19N7O3/c1-28-10-16(8-24-28)19-11-29-21(27-20(19)26-17-2-3-32-12-17)18(9-25-29)14-4-13(7-23)5-15(6-14)22(30)31/h4-6,8-11,17H,2-3,12H2,1H3,(H,26,27)(H,30,31). The molecule has 0 amide bonds. The molecule has 0 radical (unpaired) electrons. The second-order valence-corrected chi connectivity index (χ2v) is 7.65. The fourth-order valence-electron chi connectivity index (χ4n) is 3.81. The number of carbonyl (C=O) groups is 1. The molecular formula is C22H19N7O3. The number of carboxylic acids is 1. The number of anilines is 1. The highest BCUT2D eigenvalue weighted by Gasteiger charge is 2.21. The highest BCUT2D eigenvalue weighted by molar-refractivity contribution is 5.91. The Hall–Kier alpha value is -4.23. The lowest BCUT2D eigenvalue weighted by atomic mass is 10.0. The Morgan fingerprint density at radius 3 is 2.78 bits per heavy atom. The van der Waals surface area contributed by atoms with Gasteiger partial charge in [0, 0.05) is 42.7 Å². The third-order valence-electron chi connectivity index (χ3n) is 5.40. The molecule has 160 valence electrons. The molecule has 5 rings (SSSR count). The summed E-state index contributed by atoms with van der Waals surface area (Å²) >= 11 is 0. The smallest absolute Gasteiger partial charge is 0.335 e. The van der Waals surface area contributed by atoms with Crippen LogP contribution in [0.1, 0.15) is 22.3 Å². The first-order valence-corrected chi connectivity index (χ1v) is 10.0. The van der Waals surface area contributed by atoms with Gasteiger partial charge in [-0.2, -0.15) is 15.5 Å². The molecule has 1 aromatic carbocycles. The van der Waals surface area contributed by atoms with E-state index < -0.39 is 5.97 Å². The van der Waals surface area contributed by atoms with Crippen molar-refractivity contribution in [1.29, 1.82) is 5.26 Å². The highest BCUT2D eigenvalue weighted by Crippen LogP contribution is 2.32. The van der Waals surface area contributed by atoms with Crippen molar-refractivity contribution in [2.24, 2.45) is 7.05 Å². The van der Waals surface area contributed by atoms with E-state index in [2.05, 4.69) is 15.5 Å². The molecule has 0 saturated carbocycles. The van der Waals surface area contributed by atoms with Gasteiger partial charge in [0.2, 0.25) is 0 Å². The second kappa shape index (κ2) is 7.79. The normalized spacial score (nSPS) is 15.7. The molecule has 1 unspecified atom stereocenters. The minimum atomic E-state index is -1.10. The summed E-state index contributed by atoms with van der Waals surface area (Å²) in [4.78, 5) is 16.4. The second-order valence-electron chi connectivity index (χ2n) is 7.65. The van der Waals surface area contributed by atoms with Gasteiger partial charge in [0.15, 0.2) is 5.65 Å². The zero-order chi connectivity index (χ0) is 22.2. The average molecular weight is 429 g/mol. The maximum atomic E-state index is 11.5. The van der Waals surface area contributed by atoms with Crippen LogP contribution in [0.25, 0.3) is 27.9 Å². The van der Waals surface area contributed by atoms with Gasteiger partial charge in [-0.1, -0.05) is 0 Å². The number of carboxylic acid groups (broad SMARTS) is 1. The molecule has 1 aliphatic heterocycles. The van der Waals surface area contributed by atoms with Crippen LogP contribution in [0.5, 0.6) is 0 Å². The van der Waals surface area contributed by atoms with E-state index in [0.29, 0.717) is 35.8 Å². The van der Waals surface area contributed by atoms with Crippen LogP contribution in [0.3, 0.4) is 0 Å². The van der Waals surface area contributed by atoms with Crippen LogP contribution in [0.4, 0.5) is 5.82 Å². The third-order valence-corrected chi connectivity index (χ3v) is 5.40. The van der Waals surface area contributed by atoms with Crippen LogP contribution in [0.2, 0.25) is 0 Å². The van der Waals surface area contributed by atoms with Crippen molar-refractivity contribution in [2.45, 2.75) is 12.5 Å². The Balaban J connectivity index is 1.67. The summed E-state index contributed by atoms with van der Waals surface area (Å²) < 4.78 is 8.86. The van der Waals surface area contributed by atoms with Crippen LogP contribution in [-0.4, -0.2) is 54.7 Å². The van der Waals surface area contributed by atoms with Crippen molar-refractivity contribution in [3.8, 4) is 28.3 Å². The predicted octanol–water partition coefficient (Wildman–Crippen LogP) is 2.57. The van der Waals surface area contributed by atoms with Crippen LogP contribution in [-0.2, 0) is 11.8 Å². The minimum absolute atomic E-state index is 0.0341. The van der Waals surface area contributed by atoms with Crippen LogP contribution in [0, 0.1) is 11.3 Å². The Kier molecular flexibility index (Phi) is 4.80. The maximum Gasteiger partial charge on any atom is 0.335 e. The van der Waals surface area contributed by atoms with Gasteiger partial charge in [0.1, 0.15) is 5.82 Å². The first-order chi connectivity index (χ1) is 15.5. The molecule has 32 heavy (non-hydrogen) atoms. The third kappa shape index (κ3) is 3.55. The molecule has 0 aliphatic carbocycles. The highest BCUT2D eigenvalue weighted by atomic mass is 16.5. The molecule has 10 heteroatoms. The zero-order valence-corrected chi connectivity index (χ0v) is 17.2. The number of ether oxygens (including phenoxy) is 1. The Morgan fingerprint density at radius 2 is 2.09 bits per heavy atom. The molecule has 3 aromatic heterocycles. The van der Waals surface area contributed by atoms with E-state index in [9.17, 15) is 15.2 Å². The number of rotatable bonds is 5. The van der Waals surface area contributed by atoms with Crippen LogP contribution >= 0.6 is 0 Å². The number of nitrogens with one attached hydrogen (secondary N) is 1. The van der Waals surface area contributed by atoms with E-state index in [1.54, 1.807) is 27.7 Å². The Morgan fingerprint density at radius 1 is 1.22 bits per heavy atom. The van der Waals surface area contributed by atoms with E-state index in [0.717, 1.165) is 17.5 Å². The lowest BCUT2D eigenvalue weighted by Crippen LogP contribution is -2.20. The number of nitrogens with zero attached hydrogens (tertiary/aromatic N) is 6. The molecule has 0 bridgehead atoms. The lowest BCUT2D eigenvalue weighted by molar-refractivity contribution is 0.0697. The van der Waals surface area contributed by atoms with Crippen LogP contribution < -0.4 is 5.32 Å². The topological polar surface area (TPSA) is 130 Å². The summed E-state index contributed by atoms with van der Waals surface area (Å²) in [7, 11) is 1.85.